The molecule has 0 aromatic heterocycles. The van der Waals surface area contributed by atoms with Gasteiger partial charge in [0.25, 0.3) is 0 Å². The number of likely N-dealkylation sites (tertiary alicyclic amines) is 1. The third-order valence-electron chi connectivity index (χ3n) is 3.17. The fourth-order valence-corrected chi connectivity index (χ4v) is 2.20. The summed E-state index contributed by atoms with van der Waals surface area (Å²) >= 11 is 0. The van der Waals surface area contributed by atoms with Crippen LogP contribution in [0.5, 0.6) is 0 Å². The smallest absolute Gasteiger partial charge is 0.225 e. The maximum absolute atomic E-state index is 12.0. The van der Waals surface area contributed by atoms with Gasteiger partial charge in [0.1, 0.15) is 0 Å². The van der Waals surface area contributed by atoms with Crippen molar-refractivity contribution in [1.82, 2.24) is 10.2 Å². The molecule has 0 aromatic carbocycles. The summed E-state index contributed by atoms with van der Waals surface area (Å²) in [6.45, 7) is 11.2. The first-order valence-electron chi connectivity index (χ1n) is 6.81. The highest BCUT2D eigenvalue weighted by Crippen LogP contribution is 2.19. The molecule has 1 aliphatic heterocycles. The van der Waals surface area contributed by atoms with E-state index in [4.69, 9.17) is 0 Å². The second-order valence-electron chi connectivity index (χ2n) is 6.49. The number of nitrogens with one attached hydrogen (secondary N) is 1. The molecular formula is C14H26N2O2. The molecule has 0 bridgehead atoms. The lowest BCUT2D eigenvalue weighted by Gasteiger charge is -2.33. The van der Waals surface area contributed by atoms with Gasteiger partial charge in [0.15, 0.2) is 0 Å². The van der Waals surface area contributed by atoms with E-state index in [0.717, 1.165) is 12.8 Å². The average Bonchev–Trinajstić information content (AvgIpc) is 2.26. The number of nitrogens with zero attached hydrogens (tertiary/aromatic N) is 1. The van der Waals surface area contributed by atoms with Crippen LogP contribution < -0.4 is 5.32 Å². The Hall–Kier alpha value is -1.06. The standard InChI is InChI=1S/C14H26N2O2/c1-10(2)13(18)16-8-6-11(7-9-16)12(17)15-14(3,4)5/h10-11H,6-9H2,1-5H3,(H,15,17). The van der Waals surface area contributed by atoms with Crippen molar-refractivity contribution >= 4 is 11.8 Å². The lowest BCUT2D eigenvalue weighted by atomic mass is 9.94. The summed E-state index contributed by atoms with van der Waals surface area (Å²) in [5.74, 6) is 0.425. The van der Waals surface area contributed by atoms with Gasteiger partial charge in [-0.05, 0) is 33.6 Å². The molecule has 0 unspecified atom stereocenters. The van der Waals surface area contributed by atoms with Crippen LogP contribution >= 0.6 is 0 Å². The second-order valence-corrected chi connectivity index (χ2v) is 6.49. The third-order valence-corrected chi connectivity index (χ3v) is 3.17. The predicted molar refractivity (Wildman–Crippen MR) is 72.0 cm³/mol. The minimum absolute atomic E-state index is 0.0463. The molecule has 0 radical (unpaired) electrons. The van der Waals surface area contributed by atoms with Crippen molar-refractivity contribution in [3.63, 3.8) is 0 Å². The van der Waals surface area contributed by atoms with Crippen molar-refractivity contribution in [3.05, 3.63) is 0 Å². The number of rotatable bonds is 2. The number of hydrogen-bond acceptors (Lipinski definition) is 2. The highest BCUT2D eigenvalue weighted by Gasteiger charge is 2.29. The van der Waals surface area contributed by atoms with Gasteiger partial charge >= 0.3 is 0 Å². The molecule has 2 amide bonds. The van der Waals surface area contributed by atoms with Crippen molar-refractivity contribution in [3.8, 4) is 0 Å². The van der Waals surface area contributed by atoms with Gasteiger partial charge in [0.2, 0.25) is 11.8 Å². The van der Waals surface area contributed by atoms with Gasteiger partial charge in [-0.3, -0.25) is 9.59 Å². The number of carbonyl (C=O) groups excluding carboxylic acids is 2. The average molecular weight is 254 g/mol. The minimum Gasteiger partial charge on any atom is -0.351 e. The molecule has 4 nitrogen and oxygen atoms in total. The predicted octanol–water partition coefficient (Wildman–Crippen LogP) is 1.80. The first kappa shape index (κ1) is 15.0. The largest absolute Gasteiger partial charge is 0.351 e. The van der Waals surface area contributed by atoms with Crippen LogP contribution in [0.15, 0.2) is 0 Å². The molecule has 4 heteroatoms. The molecule has 1 heterocycles. The fourth-order valence-electron chi connectivity index (χ4n) is 2.20. The molecule has 104 valence electrons. The molecule has 0 atom stereocenters. The first-order valence-corrected chi connectivity index (χ1v) is 6.81. The maximum Gasteiger partial charge on any atom is 0.225 e. The van der Waals surface area contributed by atoms with E-state index in [-0.39, 0.29) is 29.2 Å². The SMILES string of the molecule is CC(C)C(=O)N1CCC(C(=O)NC(C)(C)C)CC1. The first-order chi connectivity index (χ1) is 8.20. The second kappa shape index (κ2) is 5.72. The molecule has 0 saturated carbocycles. The van der Waals surface area contributed by atoms with Gasteiger partial charge in [-0.2, -0.15) is 0 Å². The summed E-state index contributed by atoms with van der Waals surface area (Å²) < 4.78 is 0. The fraction of sp³-hybridized carbons (Fsp3) is 0.857. The number of piperidine rings is 1. The van der Waals surface area contributed by atoms with Gasteiger partial charge in [-0.25, -0.2) is 0 Å². The third kappa shape index (κ3) is 4.31. The lowest BCUT2D eigenvalue weighted by molar-refractivity contribution is -0.138. The Morgan fingerprint density at radius 1 is 1.17 bits per heavy atom. The van der Waals surface area contributed by atoms with Crippen LogP contribution in [0.25, 0.3) is 0 Å². The zero-order chi connectivity index (χ0) is 13.9. The van der Waals surface area contributed by atoms with E-state index in [1.807, 2.05) is 39.5 Å². The van der Waals surface area contributed by atoms with E-state index < -0.39 is 0 Å². The molecule has 1 fully saturated rings. The monoisotopic (exact) mass is 254 g/mol. The quantitative estimate of drug-likeness (QED) is 0.817. The summed E-state index contributed by atoms with van der Waals surface area (Å²) in [5.41, 5.74) is -0.179. The van der Waals surface area contributed by atoms with Crippen molar-refractivity contribution in [2.24, 2.45) is 11.8 Å². The van der Waals surface area contributed by atoms with E-state index in [1.54, 1.807) is 0 Å². The van der Waals surface area contributed by atoms with Crippen LogP contribution in [0.2, 0.25) is 0 Å². The van der Waals surface area contributed by atoms with Crippen LogP contribution in [-0.4, -0.2) is 35.3 Å². The Morgan fingerprint density at radius 3 is 2.06 bits per heavy atom. The number of amides is 2. The zero-order valence-corrected chi connectivity index (χ0v) is 12.2. The molecular weight excluding hydrogens is 228 g/mol. The zero-order valence-electron chi connectivity index (χ0n) is 12.2. The summed E-state index contributed by atoms with van der Waals surface area (Å²) in [5, 5.41) is 3.01. The van der Waals surface area contributed by atoms with E-state index in [2.05, 4.69) is 5.32 Å². The Morgan fingerprint density at radius 2 is 1.67 bits per heavy atom. The van der Waals surface area contributed by atoms with E-state index >= 15 is 0 Å². The summed E-state index contributed by atoms with van der Waals surface area (Å²) in [6, 6.07) is 0. The van der Waals surface area contributed by atoms with Gasteiger partial charge < -0.3 is 10.2 Å². The van der Waals surface area contributed by atoms with Crippen molar-refractivity contribution in [2.45, 2.75) is 53.0 Å². The van der Waals surface area contributed by atoms with Crippen LogP contribution in [0, 0.1) is 11.8 Å². The van der Waals surface area contributed by atoms with Gasteiger partial charge in [-0.1, -0.05) is 13.8 Å². The molecule has 0 aliphatic carbocycles. The molecule has 0 aromatic rings. The van der Waals surface area contributed by atoms with E-state index in [0.29, 0.717) is 13.1 Å². The Bertz CT molecular complexity index is 310. The minimum atomic E-state index is -0.179. The highest BCUT2D eigenvalue weighted by atomic mass is 16.2. The molecule has 1 N–H and O–H groups in total. The molecule has 0 spiro atoms. The van der Waals surface area contributed by atoms with Gasteiger partial charge in [0, 0.05) is 30.5 Å². The summed E-state index contributed by atoms with van der Waals surface area (Å²) in [7, 11) is 0. The highest BCUT2D eigenvalue weighted by molar-refractivity contribution is 5.81. The molecule has 1 aliphatic rings. The van der Waals surface area contributed by atoms with Gasteiger partial charge in [0.05, 0.1) is 0 Å². The van der Waals surface area contributed by atoms with E-state index in [1.165, 1.54) is 0 Å². The Labute approximate surface area is 110 Å². The topological polar surface area (TPSA) is 49.4 Å². The van der Waals surface area contributed by atoms with Crippen LogP contribution in [0.3, 0.4) is 0 Å². The number of hydrogen-bond donors (Lipinski definition) is 1. The van der Waals surface area contributed by atoms with Crippen molar-refractivity contribution in [1.29, 1.82) is 0 Å². The molecule has 1 saturated heterocycles. The molecule has 18 heavy (non-hydrogen) atoms. The lowest BCUT2D eigenvalue weighted by Crippen LogP contribution is -2.48. The van der Waals surface area contributed by atoms with Crippen LogP contribution in [-0.2, 0) is 9.59 Å². The maximum atomic E-state index is 12.0. The van der Waals surface area contributed by atoms with Crippen LogP contribution in [0.1, 0.15) is 47.5 Å². The normalized spacial score (nSPS) is 18.0. The summed E-state index contributed by atoms with van der Waals surface area (Å²) in [4.78, 5) is 25.7. The number of carbonyl (C=O) groups is 2. The van der Waals surface area contributed by atoms with Crippen molar-refractivity contribution in [2.75, 3.05) is 13.1 Å². The molecule has 1 rings (SSSR count). The van der Waals surface area contributed by atoms with Crippen molar-refractivity contribution < 1.29 is 9.59 Å². The summed E-state index contributed by atoms with van der Waals surface area (Å²) in [6.07, 6.45) is 1.56. The Balaban J connectivity index is 2.44. The van der Waals surface area contributed by atoms with Crippen LogP contribution in [0.4, 0.5) is 0 Å². The van der Waals surface area contributed by atoms with Gasteiger partial charge in [-0.15, -0.1) is 0 Å². The van der Waals surface area contributed by atoms with E-state index in [9.17, 15) is 9.59 Å². The Kier molecular flexibility index (Phi) is 4.77.